The summed E-state index contributed by atoms with van der Waals surface area (Å²) in [5, 5.41) is 2.92. The number of hydrogen-bond donors (Lipinski definition) is 1. The number of carbonyl (C=O) groups is 1. The molecule has 1 amide bonds. The molecule has 0 radical (unpaired) electrons. The SMILES string of the molecule is COc1ccc(OC)c(CC(=O)NCc2nc3ccccc3n2C)c1. The van der Waals surface area contributed by atoms with Gasteiger partial charge in [-0.2, -0.15) is 0 Å². The van der Waals surface area contributed by atoms with Gasteiger partial charge in [-0.25, -0.2) is 4.98 Å². The highest BCUT2D eigenvalue weighted by molar-refractivity contribution is 5.80. The van der Waals surface area contributed by atoms with Crippen molar-refractivity contribution in [3.63, 3.8) is 0 Å². The first-order chi connectivity index (χ1) is 12.1. The summed E-state index contributed by atoms with van der Waals surface area (Å²) in [6.45, 7) is 0.371. The minimum Gasteiger partial charge on any atom is -0.497 e. The summed E-state index contributed by atoms with van der Waals surface area (Å²) in [5.74, 6) is 2.07. The number of para-hydroxylation sites is 2. The number of methoxy groups -OCH3 is 2. The van der Waals surface area contributed by atoms with Crippen molar-refractivity contribution in [2.24, 2.45) is 7.05 Å². The van der Waals surface area contributed by atoms with Gasteiger partial charge in [-0.3, -0.25) is 4.79 Å². The molecule has 130 valence electrons. The Bertz CT molecular complexity index is 902. The van der Waals surface area contributed by atoms with Crippen molar-refractivity contribution in [1.29, 1.82) is 0 Å². The van der Waals surface area contributed by atoms with Crippen LogP contribution in [-0.4, -0.2) is 29.7 Å². The number of imidazole rings is 1. The fraction of sp³-hybridized carbons (Fsp3) is 0.263. The average molecular weight is 339 g/mol. The molecule has 0 saturated heterocycles. The molecule has 6 nitrogen and oxygen atoms in total. The highest BCUT2D eigenvalue weighted by Crippen LogP contribution is 2.24. The molecule has 3 aromatic rings. The normalized spacial score (nSPS) is 10.7. The van der Waals surface area contributed by atoms with Gasteiger partial charge in [0, 0.05) is 12.6 Å². The number of aromatic nitrogens is 2. The summed E-state index contributed by atoms with van der Waals surface area (Å²) in [6, 6.07) is 13.3. The van der Waals surface area contributed by atoms with E-state index in [2.05, 4.69) is 10.3 Å². The number of nitrogens with zero attached hydrogens (tertiary/aromatic N) is 2. The summed E-state index contributed by atoms with van der Waals surface area (Å²) in [5.41, 5.74) is 2.74. The van der Waals surface area contributed by atoms with Crippen LogP contribution in [0.4, 0.5) is 0 Å². The van der Waals surface area contributed by atoms with Crippen LogP contribution in [0.1, 0.15) is 11.4 Å². The molecule has 0 aliphatic carbocycles. The Kier molecular flexibility index (Phi) is 4.88. The third kappa shape index (κ3) is 3.57. The smallest absolute Gasteiger partial charge is 0.224 e. The molecule has 0 fully saturated rings. The Morgan fingerprint density at radius 3 is 2.68 bits per heavy atom. The first kappa shape index (κ1) is 16.8. The molecular weight excluding hydrogens is 318 g/mol. The number of aryl methyl sites for hydroxylation is 1. The molecule has 1 heterocycles. The van der Waals surface area contributed by atoms with Crippen molar-refractivity contribution in [3.8, 4) is 11.5 Å². The maximum Gasteiger partial charge on any atom is 0.224 e. The van der Waals surface area contributed by atoms with Crippen molar-refractivity contribution < 1.29 is 14.3 Å². The number of nitrogens with one attached hydrogen (secondary N) is 1. The van der Waals surface area contributed by atoms with Gasteiger partial charge in [-0.15, -0.1) is 0 Å². The average Bonchev–Trinajstić information content (AvgIpc) is 2.96. The van der Waals surface area contributed by atoms with Crippen LogP contribution < -0.4 is 14.8 Å². The zero-order chi connectivity index (χ0) is 17.8. The van der Waals surface area contributed by atoms with E-state index < -0.39 is 0 Å². The van der Waals surface area contributed by atoms with Gasteiger partial charge in [0.2, 0.25) is 5.91 Å². The Hall–Kier alpha value is -3.02. The molecule has 0 bridgehead atoms. The summed E-state index contributed by atoms with van der Waals surface area (Å²) in [7, 11) is 5.13. The van der Waals surface area contributed by atoms with Gasteiger partial charge >= 0.3 is 0 Å². The summed E-state index contributed by atoms with van der Waals surface area (Å²) in [6.07, 6.45) is 0.213. The molecule has 2 aromatic carbocycles. The molecule has 1 N–H and O–H groups in total. The fourth-order valence-corrected chi connectivity index (χ4v) is 2.79. The van der Waals surface area contributed by atoms with E-state index in [1.165, 1.54) is 0 Å². The van der Waals surface area contributed by atoms with Gasteiger partial charge in [-0.05, 0) is 30.3 Å². The number of benzene rings is 2. The molecule has 0 aliphatic rings. The van der Waals surface area contributed by atoms with E-state index in [0.29, 0.717) is 18.0 Å². The van der Waals surface area contributed by atoms with Gasteiger partial charge in [0.05, 0.1) is 38.2 Å². The standard InChI is InChI=1S/C19H21N3O3/c1-22-16-7-5-4-6-15(16)21-18(22)12-20-19(23)11-13-10-14(24-2)8-9-17(13)25-3/h4-10H,11-12H2,1-3H3,(H,20,23). The first-order valence-electron chi connectivity index (χ1n) is 8.00. The number of carbonyl (C=O) groups excluding carboxylic acids is 1. The zero-order valence-corrected chi connectivity index (χ0v) is 14.6. The molecule has 0 unspecified atom stereocenters. The highest BCUT2D eigenvalue weighted by atomic mass is 16.5. The summed E-state index contributed by atoms with van der Waals surface area (Å²) >= 11 is 0. The van der Waals surface area contributed by atoms with E-state index >= 15 is 0 Å². The van der Waals surface area contributed by atoms with E-state index in [-0.39, 0.29) is 12.3 Å². The van der Waals surface area contributed by atoms with E-state index in [4.69, 9.17) is 9.47 Å². The fourth-order valence-electron chi connectivity index (χ4n) is 2.79. The topological polar surface area (TPSA) is 65.4 Å². The predicted molar refractivity (Wildman–Crippen MR) is 95.8 cm³/mol. The maximum atomic E-state index is 12.3. The lowest BCUT2D eigenvalue weighted by Crippen LogP contribution is -2.26. The molecule has 25 heavy (non-hydrogen) atoms. The second-order valence-electron chi connectivity index (χ2n) is 5.71. The van der Waals surface area contributed by atoms with E-state index in [9.17, 15) is 4.79 Å². The lowest BCUT2D eigenvalue weighted by Gasteiger charge is -2.11. The zero-order valence-electron chi connectivity index (χ0n) is 14.6. The van der Waals surface area contributed by atoms with Crippen LogP contribution in [0.5, 0.6) is 11.5 Å². The number of rotatable bonds is 6. The van der Waals surface area contributed by atoms with Crippen LogP contribution in [0, 0.1) is 0 Å². The first-order valence-corrected chi connectivity index (χ1v) is 8.00. The quantitative estimate of drug-likeness (QED) is 0.749. The third-order valence-corrected chi connectivity index (χ3v) is 4.16. The Balaban J connectivity index is 1.69. The summed E-state index contributed by atoms with van der Waals surface area (Å²) in [4.78, 5) is 16.9. The largest absolute Gasteiger partial charge is 0.497 e. The molecule has 0 aliphatic heterocycles. The number of ether oxygens (including phenoxy) is 2. The lowest BCUT2D eigenvalue weighted by atomic mass is 10.1. The van der Waals surface area contributed by atoms with Gasteiger partial charge in [0.1, 0.15) is 17.3 Å². The molecule has 0 spiro atoms. The molecule has 0 atom stereocenters. The van der Waals surface area contributed by atoms with Crippen molar-refractivity contribution in [2.75, 3.05) is 14.2 Å². The minimum absolute atomic E-state index is 0.0985. The number of fused-ring (bicyclic) bond motifs is 1. The van der Waals surface area contributed by atoms with Crippen LogP contribution >= 0.6 is 0 Å². The molecular formula is C19H21N3O3. The maximum absolute atomic E-state index is 12.3. The van der Waals surface area contributed by atoms with Crippen LogP contribution in [-0.2, 0) is 24.8 Å². The van der Waals surface area contributed by atoms with Gasteiger partial charge < -0.3 is 19.4 Å². The second kappa shape index (κ2) is 7.25. The number of amides is 1. The monoisotopic (exact) mass is 339 g/mol. The lowest BCUT2D eigenvalue weighted by molar-refractivity contribution is -0.120. The molecule has 6 heteroatoms. The molecule has 1 aromatic heterocycles. The number of hydrogen-bond acceptors (Lipinski definition) is 4. The van der Waals surface area contributed by atoms with Crippen LogP contribution in [0.15, 0.2) is 42.5 Å². The Morgan fingerprint density at radius 2 is 1.96 bits per heavy atom. The van der Waals surface area contributed by atoms with E-state index in [1.807, 2.05) is 41.9 Å². The molecule has 3 rings (SSSR count). The second-order valence-corrected chi connectivity index (χ2v) is 5.71. The van der Waals surface area contributed by atoms with Gasteiger partial charge in [0.25, 0.3) is 0 Å². The van der Waals surface area contributed by atoms with Crippen LogP contribution in [0.3, 0.4) is 0 Å². The van der Waals surface area contributed by atoms with Gasteiger partial charge in [0.15, 0.2) is 0 Å². The predicted octanol–water partition coefficient (Wildman–Crippen LogP) is 2.45. The summed E-state index contributed by atoms with van der Waals surface area (Å²) < 4.78 is 12.5. The van der Waals surface area contributed by atoms with Gasteiger partial charge in [-0.1, -0.05) is 12.1 Å². The van der Waals surface area contributed by atoms with E-state index in [1.54, 1.807) is 26.4 Å². The van der Waals surface area contributed by atoms with Crippen molar-refractivity contribution >= 4 is 16.9 Å². The van der Waals surface area contributed by atoms with Crippen molar-refractivity contribution in [3.05, 3.63) is 53.9 Å². The van der Waals surface area contributed by atoms with Crippen molar-refractivity contribution in [1.82, 2.24) is 14.9 Å². The van der Waals surface area contributed by atoms with E-state index in [0.717, 1.165) is 22.4 Å². The van der Waals surface area contributed by atoms with Crippen LogP contribution in [0.2, 0.25) is 0 Å². The Labute approximate surface area is 146 Å². The third-order valence-electron chi connectivity index (χ3n) is 4.16. The Morgan fingerprint density at radius 1 is 1.16 bits per heavy atom. The minimum atomic E-state index is -0.0985. The molecule has 0 saturated carbocycles. The van der Waals surface area contributed by atoms with Crippen LogP contribution in [0.25, 0.3) is 11.0 Å². The van der Waals surface area contributed by atoms with Crippen molar-refractivity contribution in [2.45, 2.75) is 13.0 Å². The highest BCUT2D eigenvalue weighted by Gasteiger charge is 2.12.